The van der Waals surface area contributed by atoms with E-state index in [1.807, 2.05) is 24.3 Å². The first-order valence-corrected chi connectivity index (χ1v) is 11.7. The SMILES string of the molecule is COc1ccc([C@@H]2c3ccc(O)cc3Oc3ncn4nc(-c5ccc(Cl)cc5Cl)nc4c32)cc1OC. The van der Waals surface area contributed by atoms with Crippen LogP contribution in [0.1, 0.15) is 22.6 Å². The number of halogens is 2. The summed E-state index contributed by atoms with van der Waals surface area (Å²) in [5.41, 5.74) is 3.64. The number of fused-ring (bicyclic) bond motifs is 4. The highest BCUT2D eigenvalue weighted by Gasteiger charge is 2.34. The predicted octanol–water partition coefficient (Wildman–Crippen LogP) is 6.11. The third kappa shape index (κ3) is 3.57. The second-order valence-corrected chi connectivity index (χ2v) is 9.01. The number of rotatable bonds is 4. The number of phenols is 1. The average Bonchev–Trinajstić information content (AvgIpc) is 3.31. The van der Waals surface area contributed by atoms with Crippen LogP contribution in [0.4, 0.5) is 0 Å². The molecule has 0 bridgehead atoms. The standard InChI is InChI=1S/C26H18Cl2N4O4/c1-34-19-8-3-13(9-21(19)35-2)22-17-7-5-15(33)11-20(17)36-26-23(22)25-30-24(31-32(25)12-29-26)16-6-4-14(27)10-18(16)28/h3-12,22,33H,1-2H3/t22-/m1/s1. The van der Waals surface area contributed by atoms with Crippen LogP contribution in [0, 0.1) is 0 Å². The van der Waals surface area contributed by atoms with Gasteiger partial charge in [-0.05, 0) is 42.0 Å². The van der Waals surface area contributed by atoms with Gasteiger partial charge in [-0.1, -0.05) is 35.3 Å². The smallest absolute Gasteiger partial charge is 0.228 e. The topological polar surface area (TPSA) is 91.0 Å². The molecule has 0 aliphatic carbocycles. The lowest BCUT2D eigenvalue weighted by atomic mass is 9.83. The fourth-order valence-electron chi connectivity index (χ4n) is 4.47. The number of hydrogen-bond acceptors (Lipinski definition) is 7. The van der Waals surface area contributed by atoms with Crippen LogP contribution in [0.5, 0.6) is 28.9 Å². The fourth-order valence-corrected chi connectivity index (χ4v) is 4.96. The van der Waals surface area contributed by atoms with Crippen molar-refractivity contribution in [2.24, 2.45) is 0 Å². The summed E-state index contributed by atoms with van der Waals surface area (Å²) in [6.07, 6.45) is 1.54. The minimum Gasteiger partial charge on any atom is -0.508 e. The lowest BCUT2D eigenvalue weighted by molar-refractivity contribution is 0.354. The van der Waals surface area contributed by atoms with Crippen LogP contribution < -0.4 is 14.2 Å². The highest BCUT2D eigenvalue weighted by atomic mass is 35.5. The van der Waals surface area contributed by atoms with Crippen molar-refractivity contribution in [3.8, 4) is 40.3 Å². The predicted molar refractivity (Wildman–Crippen MR) is 135 cm³/mol. The second-order valence-electron chi connectivity index (χ2n) is 8.16. The van der Waals surface area contributed by atoms with Gasteiger partial charge in [-0.15, -0.1) is 5.10 Å². The van der Waals surface area contributed by atoms with Gasteiger partial charge in [0.2, 0.25) is 5.88 Å². The zero-order valence-corrected chi connectivity index (χ0v) is 20.6. The molecule has 0 saturated carbocycles. The number of ether oxygens (including phenoxy) is 3. The highest BCUT2D eigenvalue weighted by molar-refractivity contribution is 6.36. The van der Waals surface area contributed by atoms with Crippen molar-refractivity contribution in [2.75, 3.05) is 14.2 Å². The van der Waals surface area contributed by atoms with E-state index < -0.39 is 0 Å². The summed E-state index contributed by atoms with van der Waals surface area (Å²) >= 11 is 12.5. The normalized spacial score (nSPS) is 14.2. The molecule has 1 N–H and O–H groups in total. The van der Waals surface area contributed by atoms with Gasteiger partial charge in [0, 0.05) is 28.1 Å². The Balaban J connectivity index is 1.61. The zero-order valence-electron chi connectivity index (χ0n) is 19.1. The van der Waals surface area contributed by atoms with Crippen molar-refractivity contribution in [1.29, 1.82) is 0 Å². The van der Waals surface area contributed by atoms with Gasteiger partial charge in [-0.25, -0.2) is 14.5 Å². The van der Waals surface area contributed by atoms with E-state index in [0.717, 1.165) is 11.1 Å². The van der Waals surface area contributed by atoms with Gasteiger partial charge >= 0.3 is 0 Å². The Kier molecular flexibility index (Phi) is 5.35. The zero-order chi connectivity index (χ0) is 25.0. The van der Waals surface area contributed by atoms with Crippen LogP contribution >= 0.6 is 23.2 Å². The van der Waals surface area contributed by atoms with Gasteiger partial charge in [0.05, 0.1) is 24.8 Å². The maximum absolute atomic E-state index is 10.1. The first-order chi connectivity index (χ1) is 17.5. The van der Waals surface area contributed by atoms with E-state index in [4.69, 9.17) is 42.4 Å². The molecule has 0 spiro atoms. The monoisotopic (exact) mass is 520 g/mol. The third-order valence-electron chi connectivity index (χ3n) is 6.10. The second kappa shape index (κ2) is 8.58. The van der Waals surface area contributed by atoms with Crippen LogP contribution in [-0.4, -0.2) is 38.9 Å². The Morgan fingerprint density at radius 1 is 0.972 bits per heavy atom. The molecule has 36 heavy (non-hydrogen) atoms. The average molecular weight is 521 g/mol. The number of aromatic nitrogens is 4. The van der Waals surface area contributed by atoms with Crippen molar-refractivity contribution in [1.82, 2.24) is 19.6 Å². The van der Waals surface area contributed by atoms with E-state index in [-0.39, 0.29) is 11.7 Å². The van der Waals surface area contributed by atoms with Crippen LogP contribution in [0.25, 0.3) is 17.0 Å². The van der Waals surface area contributed by atoms with Gasteiger partial charge in [-0.3, -0.25) is 0 Å². The molecule has 0 saturated heterocycles. The van der Waals surface area contributed by atoms with Crippen LogP contribution in [0.3, 0.4) is 0 Å². The van der Waals surface area contributed by atoms with E-state index in [2.05, 4.69) is 10.1 Å². The van der Waals surface area contributed by atoms with Crippen molar-refractivity contribution in [3.05, 3.63) is 87.7 Å². The molecule has 180 valence electrons. The van der Waals surface area contributed by atoms with Crippen molar-refractivity contribution in [2.45, 2.75) is 5.92 Å². The summed E-state index contributed by atoms with van der Waals surface area (Å²) in [5.74, 6) is 2.22. The summed E-state index contributed by atoms with van der Waals surface area (Å²) in [7, 11) is 3.18. The molecule has 3 heterocycles. The molecule has 0 unspecified atom stereocenters. The molecule has 8 nitrogen and oxygen atoms in total. The first kappa shape index (κ1) is 22.5. The van der Waals surface area contributed by atoms with Crippen LogP contribution in [0.15, 0.2) is 60.9 Å². The largest absolute Gasteiger partial charge is 0.508 e. The number of hydrogen-bond donors (Lipinski definition) is 1. The number of benzene rings is 3. The summed E-state index contributed by atoms with van der Waals surface area (Å²) in [6, 6.07) is 15.9. The summed E-state index contributed by atoms with van der Waals surface area (Å²) in [6.45, 7) is 0. The Hall–Kier alpha value is -4.01. The Labute approximate surface area is 215 Å². The number of aromatic hydroxyl groups is 1. The Bertz CT molecular complexity index is 1650. The first-order valence-electron chi connectivity index (χ1n) is 10.9. The maximum Gasteiger partial charge on any atom is 0.228 e. The third-order valence-corrected chi connectivity index (χ3v) is 6.65. The van der Waals surface area contributed by atoms with Gasteiger partial charge in [0.15, 0.2) is 23.0 Å². The summed E-state index contributed by atoms with van der Waals surface area (Å²) in [5, 5.41) is 15.7. The Morgan fingerprint density at radius 2 is 1.81 bits per heavy atom. The maximum atomic E-state index is 10.1. The van der Waals surface area contributed by atoms with E-state index in [0.29, 0.717) is 55.8 Å². The van der Waals surface area contributed by atoms with Gasteiger partial charge < -0.3 is 19.3 Å². The molecule has 1 atom stereocenters. The number of methoxy groups -OCH3 is 2. The van der Waals surface area contributed by atoms with Crippen molar-refractivity contribution >= 4 is 28.8 Å². The molecule has 2 aromatic heterocycles. The summed E-state index contributed by atoms with van der Waals surface area (Å²) < 4.78 is 18.7. The van der Waals surface area contributed by atoms with Crippen molar-refractivity contribution in [3.63, 3.8) is 0 Å². The van der Waals surface area contributed by atoms with E-state index in [1.165, 1.54) is 6.33 Å². The van der Waals surface area contributed by atoms with Gasteiger partial charge in [-0.2, -0.15) is 0 Å². The molecule has 0 amide bonds. The molecule has 5 aromatic rings. The molecule has 0 radical (unpaired) electrons. The van der Waals surface area contributed by atoms with E-state index in [1.54, 1.807) is 49.1 Å². The summed E-state index contributed by atoms with van der Waals surface area (Å²) in [4.78, 5) is 9.35. The molecule has 1 aliphatic heterocycles. The van der Waals surface area contributed by atoms with E-state index >= 15 is 0 Å². The number of phenolic OH excluding ortho intramolecular Hbond substituents is 1. The van der Waals surface area contributed by atoms with Crippen molar-refractivity contribution < 1.29 is 19.3 Å². The highest BCUT2D eigenvalue weighted by Crippen LogP contribution is 2.49. The molecule has 1 aliphatic rings. The Morgan fingerprint density at radius 3 is 2.58 bits per heavy atom. The molecular formula is C26H18Cl2N4O4. The van der Waals surface area contributed by atoms with E-state index in [9.17, 15) is 5.11 Å². The lowest BCUT2D eigenvalue weighted by Gasteiger charge is -2.28. The van der Waals surface area contributed by atoms with Crippen LogP contribution in [0.2, 0.25) is 10.0 Å². The minimum atomic E-state index is -0.349. The quantitative estimate of drug-likeness (QED) is 0.300. The lowest BCUT2D eigenvalue weighted by Crippen LogP contribution is -2.15. The molecule has 3 aromatic carbocycles. The van der Waals surface area contributed by atoms with Gasteiger partial charge in [0.25, 0.3) is 0 Å². The van der Waals surface area contributed by atoms with Gasteiger partial charge in [0.1, 0.15) is 17.8 Å². The fraction of sp³-hybridized carbons (Fsp3) is 0.115. The number of nitrogens with zero attached hydrogens (tertiary/aromatic N) is 4. The molecule has 0 fully saturated rings. The molecule has 6 rings (SSSR count). The molecule has 10 heteroatoms. The molecular weight excluding hydrogens is 503 g/mol. The minimum absolute atomic E-state index is 0.0893. The van der Waals surface area contributed by atoms with Crippen LogP contribution in [-0.2, 0) is 0 Å².